The molecule has 2 saturated heterocycles. The third kappa shape index (κ3) is 3.33. The number of aliphatic hydroxyl groups excluding tert-OH is 1. The average molecular weight is 306 g/mol. The van der Waals surface area contributed by atoms with Gasteiger partial charge in [0.25, 0.3) is 0 Å². The maximum absolute atomic E-state index is 10.1. The van der Waals surface area contributed by atoms with Crippen LogP contribution in [0.2, 0.25) is 0 Å². The van der Waals surface area contributed by atoms with Gasteiger partial charge in [0.05, 0.1) is 6.10 Å². The van der Waals surface area contributed by atoms with Crippen LogP contribution < -0.4 is 9.80 Å². The summed E-state index contributed by atoms with van der Waals surface area (Å²) in [6, 6.07) is 1.99. The lowest BCUT2D eigenvalue weighted by Gasteiger charge is -2.28. The van der Waals surface area contributed by atoms with Gasteiger partial charge in [0, 0.05) is 44.5 Å². The molecule has 2 fully saturated rings. The van der Waals surface area contributed by atoms with Crippen molar-refractivity contribution < 1.29 is 9.84 Å². The molecule has 2 aliphatic heterocycles. The van der Waals surface area contributed by atoms with Crippen LogP contribution in [0.4, 0.5) is 11.8 Å². The predicted molar refractivity (Wildman–Crippen MR) is 86.5 cm³/mol. The zero-order valence-electron chi connectivity index (χ0n) is 13.5. The Morgan fingerprint density at radius 1 is 1.18 bits per heavy atom. The van der Waals surface area contributed by atoms with E-state index in [1.54, 1.807) is 0 Å². The maximum Gasteiger partial charge on any atom is 0.227 e. The third-order valence-corrected chi connectivity index (χ3v) is 4.41. The van der Waals surface area contributed by atoms with Crippen LogP contribution in [0.25, 0.3) is 0 Å². The van der Waals surface area contributed by atoms with E-state index in [4.69, 9.17) is 9.72 Å². The van der Waals surface area contributed by atoms with Gasteiger partial charge in [0.1, 0.15) is 11.9 Å². The fourth-order valence-corrected chi connectivity index (χ4v) is 3.26. The molecule has 0 amide bonds. The summed E-state index contributed by atoms with van der Waals surface area (Å²) in [4.78, 5) is 13.7. The fourth-order valence-electron chi connectivity index (χ4n) is 3.26. The standard InChI is InChI=1S/C16H26N4O2/c1-3-22-14-11-20(10-13(14)21)15-9-12(2)17-16(18-15)19-7-5-4-6-8-19/h9,13-14,21H,3-8,10-11H2,1-2H3/t13-,14-/m0/s1. The van der Waals surface area contributed by atoms with Gasteiger partial charge < -0.3 is 19.6 Å². The lowest BCUT2D eigenvalue weighted by Crippen LogP contribution is -2.32. The smallest absolute Gasteiger partial charge is 0.227 e. The van der Waals surface area contributed by atoms with Gasteiger partial charge in [0.15, 0.2) is 0 Å². The van der Waals surface area contributed by atoms with Gasteiger partial charge in [-0.1, -0.05) is 0 Å². The molecule has 3 rings (SSSR count). The van der Waals surface area contributed by atoms with Crippen LogP contribution in [0, 0.1) is 6.92 Å². The quantitative estimate of drug-likeness (QED) is 0.906. The molecule has 0 saturated carbocycles. The van der Waals surface area contributed by atoms with Crippen LogP contribution in [0.5, 0.6) is 0 Å². The molecule has 6 nitrogen and oxygen atoms in total. The topological polar surface area (TPSA) is 61.7 Å². The van der Waals surface area contributed by atoms with Crippen molar-refractivity contribution in [1.82, 2.24) is 9.97 Å². The second-order valence-electron chi connectivity index (χ2n) is 6.18. The van der Waals surface area contributed by atoms with Crippen molar-refractivity contribution in [3.63, 3.8) is 0 Å². The Labute approximate surface area is 132 Å². The van der Waals surface area contributed by atoms with Crippen LogP contribution >= 0.6 is 0 Å². The van der Waals surface area contributed by atoms with Crippen LogP contribution in [0.15, 0.2) is 6.07 Å². The lowest BCUT2D eigenvalue weighted by atomic mass is 10.1. The van der Waals surface area contributed by atoms with E-state index in [1.165, 1.54) is 19.3 Å². The van der Waals surface area contributed by atoms with Crippen molar-refractivity contribution in [2.75, 3.05) is 42.6 Å². The van der Waals surface area contributed by atoms with Gasteiger partial charge in [-0.15, -0.1) is 0 Å². The molecule has 6 heteroatoms. The first-order valence-corrected chi connectivity index (χ1v) is 8.32. The van der Waals surface area contributed by atoms with Crippen molar-refractivity contribution in [1.29, 1.82) is 0 Å². The van der Waals surface area contributed by atoms with Crippen molar-refractivity contribution in [3.8, 4) is 0 Å². The van der Waals surface area contributed by atoms with E-state index in [-0.39, 0.29) is 6.10 Å². The lowest BCUT2D eigenvalue weighted by molar-refractivity contribution is -0.00189. The summed E-state index contributed by atoms with van der Waals surface area (Å²) < 4.78 is 5.60. The monoisotopic (exact) mass is 306 g/mol. The molecule has 2 atom stereocenters. The van der Waals surface area contributed by atoms with Gasteiger partial charge in [-0.3, -0.25) is 0 Å². The summed E-state index contributed by atoms with van der Waals surface area (Å²) in [6.45, 7) is 7.91. The first-order valence-electron chi connectivity index (χ1n) is 8.32. The summed E-state index contributed by atoms with van der Waals surface area (Å²) in [5.41, 5.74) is 0.972. The summed E-state index contributed by atoms with van der Waals surface area (Å²) in [5, 5.41) is 10.1. The van der Waals surface area contributed by atoms with Crippen LogP contribution in [0.3, 0.4) is 0 Å². The van der Waals surface area contributed by atoms with Crippen LogP contribution in [0.1, 0.15) is 31.9 Å². The number of piperidine rings is 1. The van der Waals surface area contributed by atoms with E-state index in [0.29, 0.717) is 19.7 Å². The van der Waals surface area contributed by atoms with Crippen LogP contribution in [-0.2, 0) is 4.74 Å². The number of aryl methyl sites for hydroxylation is 1. The molecule has 2 aliphatic rings. The molecule has 0 aliphatic carbocycles. The number of anilines is 2. The molecule has 22 heavy (non-hydrogen) atoms. The Hall–Kier alpha value is -1.40. The maximum atomic E-state index is 10.1. The third-order valence-electron chi connectivity index (χ3n) is 4.41. The van der Waals surface area contributed by atoms with Gasteiger partial charge in [-0.25, -0.2) is 4.98 Å². The molecule has 122 valence electrons. The minimum Gasteiger partial charge on any atom is -0.388 e. The number of rotatable bonds is 4. The predicted octanol–water partition coefficient (Wildman–Crippen LogP) is 1.36. The Morgan fingerprint density at radius 2 is 1.95 bits per heavy atom. The van der Waals surface area contributed by atoms with Crippen molar-refractivity contribution in [2.45, 2.75) is 45.3 Å². The molecule has 0 radical (unpaired) electrons. The molecule has 0 bridgehead atoms. The number of β-amino-alcohol motifs (C(OH)–C–C–N with tert-alkyl or cyclic N) is 1. The van der Waals surface area contributed by atoms with Crippen LogP contribution in [-0.4, -0.2) is 60.1 Å². The summed E-state index contributed by atoms with van der Waals surface area (Å²) >= 11 is 0. The van der Waals surface area contributed by atoms with Gasteiger partial charge >= 0.3 is 0 Å². The second kappa shape index (κ2) is 6.79. The zero-order chi connectivity index (χ0) is 15.5. The molecule has 0 spiro atoms. The molecule has 0 aromatic carbocycles. The Balaban J connectivity index is 1.77. The number of aromatic nitrogens is 2. The first-order chi connectivity index (χ1) is 10.7. The largest absolute Gasteiger partial charge is 0.388 e. The highest BCUT2D eigenvalue weighted by Gasteiger charge is 2.33. The Kier molecular flexibility index (Phi) is 4.78. The number of nitrogens with zero attached hydrogens (tertiary/aromatic N) is 4. The summed E-state index contributed by atoms with van der Waals surface area (Å²) in [6.07, 6.45) is 3.14. The molecule has 1 N–H and O–H groups in total. The van der Waals surface area contributed by atoms with E-state index >= 15 is 0 Å². The number of hydrogen-bond donors (Lipinski definition) is 1. The van der Waals surface area contributed by atoms with Crippen molar-refractivity contribution >= 4 is 11.8 Å². The molecular weight excluding hydrogens is 280 g/mol. The summed E-state index contributed by atoms with van der Waals surface area (Å²) in [7, 11) is 0. The number of ether oxygens (including phenoxy) is 1. The minimum atomic E-state index is -0.450. The highest BCUT2D eigenvalue weighted by atomic mass is 16.5. The minimum absolute atomic E-state index is 0.126. The Morgan fingerprint density at radius 3 is 2.68 bits per heavy atom. The molecule has 1 aromatic rings. The van der Waals surface area contributed by atoms with E-state index in [1.807, 2.05) is 19.9 Å². The van der Waals surface area contributed by atoms with E-state index in [9.17, 15) is 5.11 Å². The van der Waals surface area contributed by atoms with E-state index in [0.717, 1.165) is 30.5 Å². The van der Waals surface area contributed by atoms with E-state index < -0.39 is 6.10 Å². The van der Waals surface area contributed by atoms with E-state index in [2.05, 4.69) is 14.8 Å². The molecule has 3 heterocycles. The van der Waals surface area contributed by atoms with Gasteiger partial charge in [-0.2, -0.15) is 4.98 Å². The normalized spacial score (nSPS) is 25.8. The highest BCUT2D eigenvalue weighted by molar-refractivity contribution is 5.47. The second-order valence-corrected chi connectivity index (χ2v) is 6.18. The molecule has 0 unspecified atom stereocenters. The average Bonchev–Trinajstić information content (AvgIpc) is 2.89. The SMILES string of the molecule is CCO[C@H]1CN(c2cc(C)nc(N3CCCCC3)n2)C[C@@H]1O. The molecule has 1 aromatic heterocycles. The summed E-state index contributed by atoms with van der Waals surface area (Å²) in [5.74, 6) is 1.72. The first kappa shape index (κ1) is 15.5. The number of hydrogen-bond acceptors (Lipinski definition) is 6. The Bertz CT molecular complexity index is 505. The zero-order valence-corrected chi connectivity index (χ0v) is 13.5. The fraction of sp³-hybridized carbons (Fsp3) is 0.750. The highest BCUT2D eigenvalue weighted by Crippen LogP contribution is 2.24. The van der Waals surface area contributed by atoms with Crippen molar-refractivity contribution in [3.05, 3.63) is 11.8 Å². The molecular formula is C16H26N4O2. The van der Waals surface area contributed by atoms with Gasteiger partial charge in [-0.05, 0) is 33.1 Å². The number of aliphatic hydroxyl groups is 1. The van der Waals surface area contributed by atoms with Crippen molar-refractivity contribution in [2.24, 2.45) is 0 Å². The van der Waals surface area contributed by atoms with Gasteiger partial charge in [0.2, 0.25) is 5.95 Å².